The second-order valence-corrected chi connectivity index (χ2v) is 5.79. The molecule has 1 saturated heterocycles. The highest BCUT2D eigenvalue weighted by atomic mass is 16.2. The molecule has 112 valence electrons. The molecule has 5 heteroatoms. The minimum absolute atomic E-state index is 0.0944. The summed E-state index contributed by atoms with van der Waals surface area (Å²) in [6.45, 7) is 6.97. The normalized spacial score (nSPS) is 20.4. The van der Waals surface area contributed by atoms with Crippen LogP contribution in [-0.4, -0.2) is 33.2 Å². The van der Waals surface area contributed by atoms with Crippen molar-refractivity contribution in [3.8, 4) is 0 Å². The third-order valence-electron chi connectivity index (χ3n) is 4.35. The number of carbonyl (C=O) groups excluding carboxylic acids is 1. The van der Waals surface area contributed by atoms with E-state index < -0.39 is 0 Å². The van der Waals surface area contributed by atoms with E-state index in [1.165, 1.54) is 5.56 Å². The molecule has 0 aliphatic carbocycles. The van der Waals surface area contributed by atoms with Crippen LogP contribution >= 0.6 is 0 Å². The van der Waals surface area contributed by atoms with Gasteiger partial charge >= 0.3 is 0 Å². The molecule has 20 heavy (non-hydrogen) atoms. The molecule has 1 aromatic heterocycles. The smallest absolute Gasteiger partial charge is 0.239 e. The van der Waals surface area contributed by atoms with Gasteiger partial charge < -0.3 is 10.6 Å². The van der Waals surface area contributed by atoms with Crippen LogP contribution in [0.2, 0.25) is 0 Å². The molecule has 1 aliphatic heterocycles. The number of hydrogen-bond donors (Lipinski definition) is 1. The summed E-state index contributed by atoms with van der Waals surface area (Å²) in [5, 5.41) is 4.48. The summed E-state index contributed by atoms with van der Waals surface area (Å²) < 4.78 is 1.90. The Bertz CT molecular complexity index is 494. The van der Waals surface area contributed by atoms with Gasteiger partial charge in [-0.05, 0) is 33.1 Å². The summed E-state index contributed by atoms with van der Waals surface area (Å²) in [7, 11) is 1.95. The number of rotatable bonds is 4. The molecule has 0 saturated carbocycles. The Morgan fingerprint density at radius 3 is 2.75 bits per heavy atom. The molecule has 2 unspecified atom stereocenters. The van der Waals surface area contributed by atoms with Gasteiger partial charge in [-0.15, -0.1) is 0 Å². The number of hydrogen-bond acceptors (Lipinski definition) is 3. The molecule has 2 atom stereocenters. The summed E-state index contributed by atoms with van der Waals surface area (Å²) >= 11 is 0. The van der Waals surface area contributed by atoms with Crippen LogP contribution in [0.15, 0.2) is 0 Å². The molecule has 2 heterocycles. The second-order valence-electron chi connectivity index (χ2n) is 5.79. The van der Waals surface area contributed by atoms with Gasteiger partial charge in [0.15, 0.2) is 0 Å². The van der Waals surface area contributed by atoms with Crippen LogP contribution in [0.1, 0.15) is 55.6 Å². The highest BCUT2D eigenvalue weighted by Gasteiger charge is 2.35. The highest BCUT2D eigenvalue weighted by molar-refractivity contribution is 5.82. The first-order chi connectivity index (χ1) is 9.47. The zero-order valence-corrected chi connectivity index (χ0v) is 13.0. The predicted molar refractivity (Wildman–Crippen MR) is 79.3 cm³/mol. The van der Waals surface area contributed by atoms with Gasteiger partial charge in [-0.1, -0.05) is 13.3 Å². The van der Waals surface area contributed by atoms with E-state index in [9.17, 15) is 4.79 Å². The van der Waals surface area contributed by atoms with Gasteiger partial charge in [-0.3, -0.25) is 9.48 Å². The molecule has 1 fully saturated rings. The highest BCUT2D eigenvalue weighted by Crippen LogP contribution is 2.35. The van der Waals surface area contributed by atoms with Gasteiger partial charge in [0, 0.05) is 24.8 Å². The van der Waals surface area contributed by atoms with E-state index in [-0.39, 0.29) is 18.0 Å². The lowest BCUT2D eigenvalue weighted by atomic mass is 10.0. The minimum Gasteiger partial charge on any atom is -0.334 e. The summed E-state index contributed by atoms with van der Waals surface area (Å²) in [6.07, 6.45) is 3.75. The van der Waals surface area contributed by atoms with Crippen molar-refractivity contribution in [1.82, 2.24) is 14.7 Å². The number of aryl methyl sites for hydroxylation is 2. The van der Waals surface area contributed by atoms with Crippen molar-refractivity contribution in [2.24, 2.45) is 12.8 Å². The van der Waals surface area contributed by atoms with E-state index in [1.54, 1.807) is 0 Å². The average Bonchev–Trinajstić information content (AvgIpc) is 2.95. The van der Waals surface area contributed by atoms with Gasteiger partial charge in [-0.2, -0.15) is 5.10 Å². The zero-order valence-electron chi connectivity index (χ0n) is 13.0. The van der Waals surface area contributed by atoms with E-state index in [2.05, 4.69) is 18.9 Å². The van der Waals surface area contributed by atoms with Crippen LogP contribution in [0.4, 0.5) is 0 Å². The quantitative estimate of drug-likeness (QED) is 0.914. The molecule has 2 rings (SSSR count). The van der Waals surface area contributed by atoms with Crippen molar-refractivity contribution in [2.45, 2.75) is 58.5 Å². The van der Waals surface area contributed by atoms with Crippen LogP contribution in [0.5, 0.6) is 0 Å². The SMILES string of the molecule is CCCC(N)C(=O)N1CCCC1c1c(C)nn(C)c1C. The maximum absolute atomic E-state index is 12.5. The van der Waals surface area contributed by atoms with Crippen LogP contribution in [0.25, 0.3) is 0 Å². The Kier molecular flexibility index (Phi) is 4.48. The van der Waals surface area contributed by atoms with Crippen molar-refractivity contribution in [3.63, 3.8) is 0 Å². The predicted octanol–water partition coefficient (Wildman–Crippen LogP) is 1.83. The Morgan fingerprint density at radius 1 is 1.50 bits per heavy atom. The molecule has 0 aromatic carbocycles. The maximum Gasteiger partial charge on any atom is 0.239 e. The molecule has 5 nitrogen and oxygen atoms in total. The fourth-order valence-corrected chi connectivity index (χ4v) is 3.25. The number of carbonyl (C=O) groups is 1. The average molecular weight is 278 g/mol. The van der Waals surface area contributed by atoms with Gasteiger partial charge in [0.2, 0.25) is 5.91 Å². The van der Waals surface area contributed by atoms with E-state index >= 15 is 0 Å². The van der Waals surface area contributed by atoms with Crippen molar-refractivity contribution in [2.75, 3.05) is 6.54 Å². The maximum atomic E-state index is 12.5. The molecular formula is C15H26N4O. The summed E-state index contributed by atoms with van der Waals surface area (Å²) in [6, 6.07) is -0.211. The molecule has 2 N–H and O–H groups in total. The van der Waals surface area contributed by atoms with Crippen molar-refractivity contribution in [1.29, 1.82) is 0 Å². The van der Waals surface area contributed by atoms with Gasteiger partial charge in [0.1, 0.15) is 0 Å². The monoisotopic (exact) mass is 278 g/mol. The summed E-state index contributed by atoms with van der Waals surface area (Å²) in [5.74, 6) is 0.0944. The Hall–Kier alpha value is -1.36. The first-order valence-electron chi connectivity index (χ1n) is 7.53. The van der Waals surface area contributed by atoms with E-state index in [0.29, 0.717) is 0 Å². The number of likely N-dealkylation sites (tertiary alicyclic amines) is 1. The fraction of sp³-hybridized carbons (Fsp3) is 0.733. The van der Waals surface area contributed by atoms with Crippen molar-refractivity contribution >= 4 is 5.91 Å². The topological polar surface area (TPSA) is 64.2 Å². The molecule has 0 radical (unpaired) electrons. The minimum atomic E-state index is -0.363. The van der Waals surface area contributed by atoms with Crippen LogP contribution in [0.3, 0.4) is 0 Å². The Labute approximate surface area is 121 Å². The van der Waals surface area contributed by atoms with E-state index in [4.69, 9.17) is 5.73 Å². The zero-order chi connectivity index (χ0) is 14.9. The van der Waals surface area contributed by atoms with E-state index in [0.717, 1.165) is 43.6 Å². The third kappa shape index (κ3) is 2.59. The largest absolute Gasteiger partial charge is 0.334 e. The standard InChI is InChI=1S/C15H26N4O/c1-5-7-12(16)15(20)19-9-6-8-13(19)14-10(2)17-18(4)11(14)3/h12-13H,5-9,16H2,1-4H3. The van der Waals surface area contributed by atoms with Crippen LogP contribution in [0, 0.1) is 13.8 Å². The van der Waals surface area contributed by atoms with Gasteiger partial charge in [0.05, 0.1) is 17.8 Å². The third-order valence-corrected chi connectivity index (χ3v) is 4.35. The Morgan fingerprint density at radius 2 is 2.20 bits per heavy atom. The lowest BCUT2D eigenvalue weighted by Gasteiger charge is -2.28. The molecule has 0 spiro atoms. The molecule has 1 amide bonds. The van der Waals surface area contributed by atoms with Crippen molar-refractivity contribution < 1.29 is 4.79 Å². The fourth-order valence-electron chi connectivity index (χ4n) is 3.25. The first-order valence-corrected chi connectivity index (χ1v) is 7.53. The van der Waals surface area contributed by atoms with Gasteiger partial charge in [0.25, 0.3) is 0 Å². The summed E-state index contributed by atoms with van der Waals surface area (Å²) in [4.78, 5) is 14.5. The molecule has 0 bridgehead atoms. The van der Waals surface area contributed by atoms with Crippen molar-refractivity contribution in [3.05, 3.63) is 17.0 Å². The molecular weight excluding hydrogens is 252 g/mol. The van der Waals surface area contributed by atoms with Crippen LogP contribution in [-0.2, 0) is 11.8 Å². The van der Waals surface area contributed by atoms with Gasteiger partial charge in [-0.25, -0.2) is 0 Å². The molecule has 1 aromatic rings. The number of nitrogens with two attached hydrogens (primary N) is 1. The molecule has 1 aliphatic rings. The summed E-state index contributed by atoms with van der Waals surface area (Å²) in [5.41, 5.74) is 9.40. The lowest BCUT2D eigenvalue weighted by Crippen LogP contribution is -2.43. The van der Waals surface area contributed by atoms with Crippen LogP contribution < -0.4 is 5.73 Å². The number of aromatic nitrogens is 2. The Balaban J connectivity index is 2.25. The lowest BCUT2D eigenvalue weighted by molar-refractivity contribution is -0.133. The second kappa shape index (κ2) is 5.95. The van der Waals surface area contributed by atoms with E-state index in [1.807, 2.05) is 23.6 Å². The first kappa shape index (κ1) is 15.0. The number of amides is 1. The number of nitrogens with zero attached hydrogens (tertiary/aromatic N) is 3.